The van der Waals surface area contributed by atoms with Crippen molar-refractivity contribution >= 4 is 50.7 Å². The molecular formula is C26H22BrF7N6O5. The van der Waals surface area contributed by atoms with Gasteiger partial charge >= 0.3 is 23.9 Å². The lowest BCUT2D eigenvalue weighted by atomic mass is 10.1. The quantitative estimate of drug-likeness (QED) is 0.0912. The van der Waals surface area contributed by atoms with E-state index in [9.17, 15) is 50.3 Å². The number of hydroxylamine groups is 1. The van der Waals surface area contributed by atoms with Crippen LogP contribution >= 0.6 is 15.9 Å². The van der Waals surface area contributed by atoms with Gasteiger partial charge in [0.15, 0.2) is 11.7 Å². The summed E-state index contributed by atoms with van der Waals surface area (Å²) in [6.07, 6.45) is -10.3. The van der Waals surface area contributed by atoms with Crippen LogP contribution in [0, 0.1) is 5.82 Å². The first-order chi connectivity index (χ1) is 21.1. The smallest absolute Gasteiger partial charge is 0.362 e. The van der Waals surface area contributed by atoms with Gasteiger partial charge in [-0.05, 0) is 51.8 Å². The van der Waals surface area contributed by atoms with Gasteiger partial charge in [-0.15, -0.1) is 0 Å². The lowest BCUT2D eigenvalue weighted by Crippen LogP contribution is -2.42. The van der Waals surface area contributed by atoms with Gasteiger partial charge in [0, 0.05) is 38.3 Å². The molecule has 0 unspecified atom stereocenters. The van der Waals surface area contributed by atoms with Gasteiger partial charge in [0.2, 0.25) is 0 Å². The van der Waals surface area contributed by atoms with E-state index in [1.807, 2.05) is 17.6 Å². The number of nitrogens with one attached hydrogen (secondary N) is 3. The Labute approximate surface area is 257 Å². The van der Waals surface area contributed by atoms with Crippen molar-refractivity contribution < 1.29 is 54.8 Å². The highest BCUT2D eigenvalue weighted by Gasteiger charge is 2.54. The Morgan fingerprint density at radius 3 is 2.13 bits per heavy atom. The SMILES string of the molecule is O=C(C(=O)C(F)(F)F)C(F)(F)F.O=C(Nc1nocc1C(=Nc1ccc(F)c(Br)c1)NO)c1ccc(CN2CCNCC2)cc1. The number of nitrogens with zero attached hydrogens (tertiary/aromatic N) is 3. The van der Waals surface area contributed by atoms with Crippen molar-refractivity contribution in [1.82, 2.24) is 20.9 Å². The Morgan fingerprint density at radius 1 is 1.00 bits per heavy atom. The summed E-state index contributed by atoms with van der Waals surface area (Å²) in [6, 6.07) is 11.5. The van der Waals surface area contributed by atoms with E-state index in [4.69, 9.17) is 4.52 Å². The van der Waals surface area contributed by atoms with E-state index in [2.05, 4.69) is 41.6 Å². The number of halogens is 8. The molecule has 1 aliphatic heterocycles. The predicted octanol–water partition coefficient (Wildman–Crippen LogP) is 4.54. The van der Waals surface area contributed by atoms with Crippen molar-refractivity contribution in [2.24, 2.45) is 4.99 Å². The van der Waals surface area contributed by atoms with Crippen LogP contribution in [0.4, 0.5) is 42.2 Å². The average Bonchev–Trinajstić information content (AvgIpc) is 3.45. The predicted molar refractivity (Wildman–Crippen MR) is 146 cm³/mol. The molecule has 0 spiro atoms. The Bertz CT molecular complexity index is 1510. The number of amidine groups is 1. The van der Waals surface area contributed by atoms with Gasteiger partial charge < -0.3 is 15.2 Å². The van der Waals surface area contributed by atoms with E-state index in [-0.39, 0.29) is 27.6 Å². The number of hydrogen-bond donors (Lipinski definition) is 4. The van der Waals surface area contributed by atoms with E-state index in [1.54, 1.807) is 12.1 Å². The molecule has 242 valence electrons. The molecule has 1 saturated heterocycles. The summed E-state index contributed by atoms with van der Waals surface area (Å²) in [7, 11) is 0. The molecule has 19 heteroatoms. The molecule has 0 aliphatic carbocycles. The molecule has 4 N–H and O–H groups in total. The lowest BCUT2D eigenvalue weighted by Gasteiger charge is -2.27. The molecule has 2 heterocycles. The Balaban J connectivity index is 0.000000392. The van der Waals surface area contributed by atoms with Gasteiger partial charge in [-0.3, -0.25) is 30.0 Å². The molecule has 1 aromatic heterocycles. The standard InChI is InChI=1S/C22H22BrFN6O3.C4F6O2/c23-18-11-16(5-6-19(18)24)26-20(28-32)17-13-33-29-21(17)27-22(31)15-3-1-14(2-4-15)12-30-9-7-25-8-10-30;5-3(6,7)1(11)2(12)4(8,9)10/h1-6,11,13,25,32H,7-10,12H2,(H,26,28)(H,27,29,31);. The van der Waals surface area contributed by atoms with Crippen LogP contribution in [0.15, 0.2) is 62.7 Å². The maximum Gasteiger partial charge on any atom is 0.458 e. The highest BCUT2D eigenvalue weighted by atomic mass is 79.9. The number of benzene rings is 2. The molecular weight excluding hydrogens is 689 g/mol. The maximum absolute atomic E-state index is 13.5. The summed E-state index contributed by atoms with van der Waals surface area (Å²) >= 11 is 3.09. The molecule has 11 nitrogen and oxygen atoms in total. The van der Waals surface area contributed by atoms with Crippen molar-refractivity contribution in [3.63, 3.8) is 0 Å². The number of amides is 1. The summed E-state index contributed by atoms with van der Waals surface area (Å²) < 4.78 is 85.6. The fraction of sp³-hybridized carbons (Fsp3) is 0.269. The molecule has 45 heavy (non-hydrogen) atoms. The van der Waals surface area contributed by atoms with Gasteiger partial charge in [-0.25, -0.2) is 9.38 Å². The summed E-state index contributed by atoms with van der Waals surface area (Å²) in [5, 5.41) is 19.4. The van der Waals surface area contributed by atoms with E-state index in [0.29, 0.717) is 11.3 Å². The zero-order valence-electron chi connectivity index (χ0n) is 22.6. The van der Waals surface area contributed by atoms with Crippen molar-refractivity contribution in [2.45, 2.75) is 18.9 Å². The number of anilines is 1. The normalized spacial score (nSPS) is 14.3. The van der Waals surface area contributed by atoms with E-state index < -0.39 is 29.7 Å². The van der Waals surface area contributed by atoms with Crippen molar-refractivity contribution in [3.8, 4) is 0 Å². The lowest BCUT2D eigenvalue weighted by molar-refractivity contribution is -0.193. The van der Waals surface area contributed by atoms with Crippen LogP contribution < -0.4 is 16.1 Å². The first-order valence-corrected chi connectivity index (χ1v) is 13.3. The number of alkyl halides is 6. The minimum absolute atomic E-state index is 0.0311. The van der Waals surface area contributed by atoms with E-state index in [0.717, 1.165) is 38.3 Å². The molecule has 3 aromatic rings. The van der Waals surface area contributed by atoms with E-state index in [1.165, 1.54) is 24.5 Å². The fourth-order valence-electron chi connectivity index (χ4n) is 3.65. The number of aliphatic imine (C=N–C) groups is 1. The first-order valence-electron chi connectivity index (χ1n) is 12.5. The zero-order valence-corrected chi connectivity index (χ0v) is 24.2. The van der Waals surface area contributed by atoms with Crippen LogP contribution in [0.3, 0.4) is 0 Å². The molecule has 1 fully saturated rings. The molecule has 0 bridgehead atoms. The van der Waals surface area contributed by atoms with Gasteiger partial charge in [0.1, 0.15) is 17.6 Å². The first kappa shape index (κ1) is 35.3. The fourth-order valence-corrected chi connectivity index (χ4v) is 4.02. The Hall–Kier alpha value is -4.20. The summed E-state index contributed by atoms with van der Waals surface area (Å²) in [5.74, 6) is -7.60. The number of ketones is 2. The second-order valence-corrected chi connectivity index (χ2v) is 9.93. The second-order valence-electron chi connectivity index (χ2n) is 9.08. The van der Waals surface area contributed by atoms with Crippen molar-refractivity contribution in [2.75, 3.05) is 31.5 Å². The number of rotatable bonds is 7. The number of Topliss-reactive ketones (excluding diaryl/α,β-unsaturated/α-hetero) is 2. The molecule has 1 aliphatic rings. The summed E-state index contributed by atoms with van der Waals surface area (Å²) in [6.45, 7) is 4.78. The number of carbonyl (C=O) groups excluding carboxylic acids is 3. The van der Waals surface area contributed by atoms with Crippen LogP contribution in [0.1, 0.15) is 21.5 Å². The minimum atomic E-state index is -5.77. The molecule has 1 amide bonds. The van der Waals surface area contributed by atoms with Crippen LogP contribution in [-0.2, 0) is 16.1 Å². The summed E-state index contributed by atoms with van der Waals surface area (Å²) in [5.41, 5.74) is 4.13. The van der Waals surface area contributed by atoms with E-state index >= 15 is 0 Å². The Morgan fingerprint density at radius 2 is 1.60 bits per heavy atom. The average molecular weight is 711 g/mol. The molecule has 4 rings (SSSR count). The molecule has 0 radical (unpaired) electrons. The summed E-state index contributed by atoms with van der Waals surface area (Å²) in [4.78, 5) is 38.6. The number of carbonyl (C=O) groups is 3. The highest BCUT2D eigenvalue weighted by molar-refractivity contribution is 9.10. The molecule has 0 atom stereocenters. The Kier molecular flexibility index (Phi) is 11.9. The van der Waals surface area contributed by atoms with Crippen molar-refractivity contribution in [3.05, 3.63) is 75.7 Å². The topological polar surface area (TPSA) is 149 Å². The second kappa shape index (κ2) is 15.2. The van der Waals surface area contributed by atoms with Crippen LogP contribution in [0.25, 0.3) is 0 Å². The van der Waals surface area contributed by atoms with Crippen molar-refractivity contribution in [1.29, 1.82) is 0 Å². The van der Waals surface area contributed by atoms with Gasteiger partial charge in [-0.1, -0.05) is 17.3 Å². The minimum Gasteiger partial charge on any atom is -0.362 e. The third-order valence-corrected chi connectivity index (χ3v) is 6.47. The molecule has 0 saturated carbocycles. The van der Waals surface area contributed by atoms with Crippen LogP contribution in [0.2, 0.25) is 0 Å². The highest BCUT2D eigenvalue weighted by Crippen LogP contribution is 2.25. The monoisotopic (exact) mass is 710 g/mol. The van der Waals surface area contributed by atoms with Crippen LogP contribution in [0.5, 0.6) is 0 Å². The molecule has 2 aromatic carbocycles. The number of aromatic nitrogens is 1. The number of piperazine rings is 1. The third kappa shape index (κ3) is 10.2. The van der Waals surface area contributed by atoms with Crippen LogP contribution in [-0.4, -0.2) is 77.1 Å². The maximum atomic E-state index is 13.5. The van der Waals surface area contributed by atoms with Gasteiger partial charge in [0.25, 0.3) is 5.91 Å². The zero-order chi connectivity index (χ0) is 33.4. The number of hydrogen-bond acceptors (Lipinski definition) is 9. The largest absolute Gasteiger partial charge is 0.458 e. The van der Waals surface area contributed by atoms with Gasteiger partial charge in [0.05, 0.1) is 10.2 Å². The third-order valence-electron chi connectivity index (χ3n) is 5.86. The van der Waals surface area contributed by atoms with Gasteiger partial charge in [-0.2, -0.15) is 26.3 Å².